The van der Waals surface area contributed by atoms with Crippen LogP contribution >= 0.6 is 11.8 Å². The number of alkyl carbamates (subject to hydrolysis) is 1. The van der Waals surface area contributed by atoms with Crippen LogP contribution < -0.4 is 10.6 Å². The van der Waals surface area contributed by atoms with Crippen LogP contribution in [0.5, 0.6) is 0 Å². The molecule has 1 aromatic rings. The number of rotatable bonds is 4. The standard InChI is InChI=1S/C15H18N2O5S/c1-21-14(19)12-9-23-8-11(13(18)16-12)17-15(20)22-7-10-5-3-2-4-6-10/h2-6,11-12H,7-9H2,1H3,(H,16,18)(H,17,20)/t11-,12+/m0/s1. The van der Waals surface area contributed by atoms with Gasteiger partial charge in [-0.05, 0) is 5.56 Å². The van der Waals surface area contributed by atoms with Gasteiger partial charge in [-0.3, -0.25) is 4.79 Å². The van der Waals surface area contributed by atoms with Crippen molar-refractivity contribution >= 4 is 29.7 Å². The molecule has 2 amide bonds. The van der Waals surface area contributed by atoms with Gasteiger partial charge in [0.2, 0.25) is 5.91 Å². The molecule has 2 rings (SSSR count). The summed E-state index contributed by atoms with van der Waals surface area (Å²) in [6.45, 7) is 0.124. The van der Waals surface area contributed by atoms with E-state index in [9.17, 15) is 14.4 Å². The van der Waals surface area contributed by atoms with Crippen molar-refractivity contribution in [1.29, 1.82) is 0 Å². The van der Waals surface area contributed by atoms with Gasteiger partial charge >= 0.3 is 12.1 Å². The molecule has 23 heavy (non-hydrogen) atoms. The van der Waals surface area contributed by atoms with Crippen LogP contribution in [0.15, 0.2) is 30.3 Å². The Hall–Kier alpha value is -2.22. The van der Waals surface area contributed by atoms with E-state index >= 15 is 0 Å². The quantitative estimate of drug-likeness (QED) is 0.785. The number of hydrogen-bond acceptors (Lipinski definition) is 6. The van der Waals surface area contributed by atoms with Crippen molar-refractivity contribution in [2.75, 3.05) is 18.6 Å². The van der Waals surface area contributed by atoms with Crippen LogP contribution in [0.2, 0.25) is 0 Å². The van der Waals surface area contributed by atoms with Crippen molar-refractivity contribution < 1.29 is 23.9 Å². The Bertz CT molecular complexity index is 566. The number of ether oxygens (including phenoxy) is 2. The van der Waals surface area contributed by atoms with Gasteiger partial charge < -0.3 is 20.1 Å². The molecule has 8 heteroatoms. The maximum absolute atomic E-state index is 12.1. The number of carbonyl (C=O) groups excluding carboxylic acids is 3. The van der Waals surface area contributed by atoms with E-state index in [1.54, 1.807) is 0 Å². The Morgan fingerprint density at radius 3 is 2.74 bits per heavy atom. The number of thioether (sulfide) groups is 1. The lowest BCUT2D eigenvalue weighted by Gasteiger charge is -2.16. The second kappa shape index (κ2) is 8.42. The molecule has 1 saturated heterocycles. The first-order valence-electron chi connectivity index (χ1n) is 7.03. The molecule has 0 saturated carbocycles. The first-order valence-corrected chi connectivity index (χ1v) is 8.19. The molecule has 0 bridgehead atoms. The highest BCUT2D eigenvalue weighted by atomic mass is 32.2. The maximum atomic E-state index is 12.1. The van der Waals surface area contributed by atoms with Crippen LogP contribution in [0, 0.1) is 0 Å². The number of methoxy groups -OCH3 is 1. The van der Waals surface area contributed by atoms with E-state index < -0.39 is 30.1 Å². The summed E-state index contributed by atoms with van der Waals surface area (Å²) < 4.78 is 9.70. The maximum Gasteiger partial charge on any atom is 0.408 e. The van der Waals surface area contributed by atoms with Gasteiger partial charge in [-0.15, -0.1) is 0 Å². The van der Waals surface area contributed by atoms with Crippen LogP contribution in [0.1, 0.15) is 5.56 Å². The van der Waals surface area contributed by atoms with Crippen LogP contribution in [0.3, 0.4) is 0 Å². The second-order valence-corrected chi connectivity index (χ2v) is 5.96. The van der Waals surface area contributed by atoms with E-state index in [4.69, 9.17) is 4.74 Å². The normalized spacial score (nSPS) is 20.8. The van der Waals surface area contributed by atoms with Crippen LogP contribution in [0.25, 0.3) is 0 Å². The summed E-state index contributed by atoms with van der Waals surface area (Å²) in [5, 5.41) is 5.06. The van der Waals surface area contributed by atoms with Crippen LogP contribution in [0.4, 0.5) is 4.79 Å². The third-order valence-electron chi connectivity index (χ3n) is 3.19. The Morgan fingerprint density at radius 2 is 2.04 bits per heavy atom. The molecule has 2 N–H and O–H groups in total. The van der Waals surface area contributed by atoms with Gasteiger partial charge in [0.25, 0.3) is 0 Å². The molecule has 0 radical (unpaired) electrons. The number of hydrogen-bond donors (Lipinski definition) is 2. The van der Waals surface area contributed by atoms with Crippen molar-refractivity contribution in [3.63, 3.8) is 0 Å². The molecule has 0 spiro atoms. The van der Waals surface area contributed by atoms with Gasteiger partial charge in [-0.1, -0.05) is 30.3 Å². The topological polar surface area (TPSA) is 93.7 Å². The highest BCUT2D eigenvalue weighted by Crippen LogP contribution is 2.12. The highest BCUT2D eigenvalue weighted by Gasteiger charge is 2.31. The van der Waals surface area contributed by atoms with Crippen LogP contribution in [-0.2, 0) is 25.7 Å². The SMILES string of the molecule is COC(=O)[C@H]1CSC[C@H](NC(=O)OCc2ccccc2)C(=O)N1. The highest BCUT2D eigenvalue weighted by molar-refractivity contribution is 7.99. The number of esters is 1. The van der Waals surface area contributed by atoms with E-state index in [0.29, 0.717) is 11.5 Å². The predicted molar refractivity (Wildman–Crippen MR) is 84.8 cm³/mol. The minimum Gasteiger partial charge on any atom is -0.467 e. The van der Waals surface area contributed by atoms with Gasteiger partial charge in [-0.2, -0.15) is 11.8 Å². The average molecular weight is 338 g/mol. The Morgan fingerprint density at radius 1 is 1.30 bits per heavy atom. The number of benzene rings is 1. The minimum atomic E-state index is -0.752. The third kappa shape index (κ3) is 5.17. The fraction of sp³-hybridized carbons (Fsp3) is 0.400. The van der Waals surface area contributed by atoms with Crippen molar-refractivity contribution in [2.24, 2.45) is 0 Å². The smallest absolute Gasteiger partial charge is 0.408 e. The van der Waals surface area contributed by atoms with Crippen LogP contribution in [-0.4, -0.2) is 48.7 Å². The summed E-state index contributed by atoms with van der Waals surface area (Å²) in [6.07, 6.45) is -0.675. The molecular weight excluding hydrogens is 320 g/mol. The second-order valence-electron chi connectivity index (χ2n) is 4.88. The number of carbonyl (C=O) groups is 3. The molecule has 0 aliphatic carbocycles. The summed E-state index contributed by atoms with van der Waals surface area (Å²) in [7, 11) is 1.26. The summed E-state index contributed by atoms with van der Waals surface area (Å²) >= 11 is 1.38. The molecule has 7 nitrogen and oxygen atoms in total. The van der Waals surface area contributed by atoms with E-state index in [1.165, 1.54) is 18.9 Å². The van der Waals surface area contributed by atoms with Crippen molar-refractivity contribution in [3.05, 3.63) is 35.9 Å². The van der Waals surface area contributed by atoms with E-state index in [-0.39, 0.29) is 6.61 Å². The van der Waals surface area contributed by atoms with Crippen molar-refractivity contribution in [1.82, 2.24) is 10.6 Å². The first-order chi connectivity index (χ1) is 11.1. The summed E-state index contributed by atoms with van der Waals surface area (Å²) in [5.41, 5.74) is 0.855. The Kier molecular flexibility index (Phi) is 6.28. The van der Waals surface area contributed by atoms with Crippen molar-refractivity contribution in [2.45, 2.75) is 18.7 Å². The fourth-order valence-corrected chi connectivity index (χ4v) is 3.04. The zero-order valence-corrected chi connectivity index (χ0v) is 13.4. The molecular formula is C15H18N2O5S. The monoisotopic (exact) mass is 338 g/mol. The largest absolute Gasteiger partial charge is 0.467 e. The number of amides is 2. The van der Waals surface area contributed by atoms with Gasteiger partial charge in [0, 0.05) is 11.5 Å². The lowest BCUT2D eigenvalue weighted by Crippen LogP contribution is -2.51. The molecule has 0 unspecified atom stereocenters. The fourth-order valence-electron chi connectivity index (χ4n) is 1.98. The first kappa shape index (κ1) is 17.1. The molecule has 1 fully saturated rings. The summed E-state index contributed by atoms with van der Waals surface area (Å²) in [4.78, 5) is 35.3. The molecule has 1 aliphatic heterocycles. The van der Waals surface area contributed by atoms with E-state index in [1.807, 2.05) is 30.3 Å². The van der Waals surface area contributed by atoms with Gasteiger partial charge in [-0.25, -0.2) is 9.59 Å². The zero-order chi connectivity index (χ0) is 16.7. The minimum absolute atomic E-state index is 0.124. The molecule has 1 heterocycles. The van der Waals surface area contributed by atoms with Gasteiger partial charge in [0.1, 0.15) is 18.7 Å². The third-order valence-corrected chi connectivity index (χ3v) is 4.33. The van der Waals surface area contributed by atoms with E-state index in [0.717, 1.165) is 5.56 Å². The Labute approximate surface area is 138 Å². The number of nitrogens with one attached hydrogen (secondary N) is 2. The molecule has 2 atom stereocenters. The van der Waals surface area contributed by atoms with Gasteiger partial charge in [0.05, 0.1) is 7.11 Å². The molecule has 124 valence electrons. The molecule has 0 aromatic heterocycles. The van der Waals surface area contributed by atoms with Gasteiger partial charge in [0.15, 0.2) is 0 Å². The molecule has 1 aliphatic rings. The average Bonchev–Trinajstić information content (AvgIpc) is 2.75. The lowest BCUT2D eigenvalue weighted by molar-refractivity contribution is -0.144. The summed E-state index contributed by atoms with van der Waals surface area (Å²) in [6, 6.07) is 7.78. The van der Waals surface area contributed by atoms with Crippen molar-refractivity contribution in [3.8, 4) is 0 Å². The zero-order valence-electron chi connectivity index (χ0n) is 12.6. The molecule has 1 aromatic carbocycles. The Balaban J connectivity index is 1.83. The lowest BCUT2D eigenvalue weighted by atomic mass is 10.2. The van der Waals surface area contributed by atoms with E-state index in [2.05, 4.69) is 15.4 Å². The summed E-state index contributed by atoms with van der Waals surface area (Å²) in [5.74, 6) is -0.171. The predicted octanol–water partition coefficient (Wildman–Crippen LogP) is 0.686.